The minimum atomic E-state index is -0.0367. The molecular formula is C4H8Cl2N2. The van der Waals surface area contributed by atoms with E-state index >= 15 is 0 Å². The molecule has 1 N–H and O–H groups in total. The summed E-state index contributed by atoms with van der Waals surface area (Å²) in [6, 6.07) is 0. The van der Waals surface area contributed by atoms with Gasteiger partial charge < -0.3 is 5.32 Å². The van der Waals surface area contributed by atoms with E-state index in [2.05, 4.69) is 5.32 Å². The SMILES string of the molecule is ClC1CNCCN1Cl. The molecule has 4 heteroatoms. The van der Waals surface area contributed by atoms with Crippen molar-refractivity contribution >= 4 is 23.4 Å². The van der Waals surface area contributed by atoms with Gasteiger partial charge in [-0.05, 0) is 11.8 Å². The van der Waals surface area contributed by atoms with E-state index in [0.29, 0.717) is 0 Å². The Kier molecular flexibility index (Phi) is 2.38. The lowest BCUT2D eigenvalue weighted by Crippen LogP contribution is -2.43. The average molecular weight is 155 g/mol. The minimum absolute atomic E-state index is 0.0367. The van der Waals surface area contributed by atoms with Crippen LogP contribution in [-0.2, 0) is 0 Å². The van der Waals surface area contributed by atoms with Crippen molar-refractivity contribution < 1.29 is 0 Å². The van der Waals surface area contributed by atoms with Crippen LogP contribution >= 0.6 is 23.4 Å². The van der Waals surface area contributed by atoms with Crippen LogP contribution in [0.4, 0.5) is 0 Å². The van der Waals surface area contributed by atoms with Gasteiger partial charge in [-0.3, -0.25) is 0 Å². The maximum Gasteiger partial charge on any atom is 0.111 e. The van der Waals surface area contributed by atoms with E-state index in [1.54, 1.807) is 4.42 Å². The fourth-order valence-electron chi connectivity index (χ4n) is 0.646. The Morgan fingerprint density at radius 3 is 2.75 bits per heavy atom. The quantitative estimate of drug-likeness (QED) is 0.313. The van der Waals surface area contributed by atoms with Gasteiger partial charge in [0.1, 0.15) is 5.50 Å². The standard InChI is InChI=1S/C4H8Cl2N2/c5-4-3-7-1-2-8(4)6/h4,7H,1-3H2. The molecule has 48 valence electrons. The monoisotopic (exact) mass is 154 g/mol. The smallest absolute Gasteiger partial charge is 0.111 e. The summed E-state index contributed by atoms with van der Waals surface area (Å²) in [5.41, 5.74) is -0.0367. The topological polar surface area (TPSA) is 15.3 Å². The van der Waals surface area contributed by atoms with Crippen LogP contribution in [0.5, 0.6) is 0 Å². The largest absolute Gasteiger partial charge is 0.313 e. The van der Waals surface area contributed by atoms with E-state index in [1.807, 2.05) is 0 Å². The van der Waals surface area contributed by atoms with E-state index in [4.69, 9.17) is 23.4 Å². The van der Waals surface area contributed by atoms with Crippen molar-refractivity contribution in [3.8, 4) is 0 Å². The third kappa shape index (κ3) is 1.49. The van der Waals surface area contributed by atoms with Gasteiger partial charge in [0.25, 0.3) is 0 Å². The van der Waals surface area contributed by atoms with Crippen LogP contribution in [0.3, 0.4) is 0 Å². The van der Waals surface area contributed by atoms with Gasteiger partial charge in [0.05, 0.1) is 0 Å². The fourth-order valence-corrected chi connectivity index (χ4v) is 1.01. The van der Waals surface area contributed by atoms with Gasteiger partial charge >= 0.3 is 0 Å². The molecule has 8 heavy (non-hydrogen) atoms. The molecule has 1 atom stereocenters. The number of hydrogen-bond donors (Lipinski definition) is 1. The van der Waals surface area contributed by atoms with E-state index in [9.17, 15) is 0 Å². The normalized spacial score (nSPS) is 33.0. The predicted molar refractivity (Wildman–Crippen MR) is 35.1 cm³/mol. The van der Waals surface area contributed by atoms with Crippen LogP contribution in [-0.4, -0.2) is 29.6 Å². The molecule has 2 nitrogen and oxygen atoms in total. The highest BCUT2D eigenvalue weighted by molar-refractivity contribution is 6.25. The van der Waals surface area contributed by atoms with Crippen LogP contribution in [0.15, 0.2) is 0 Å². The zero-order valence-corrected chi connectivity index (χ0v) is 5.91. The number of halogens is 2. The van der Waals surface area contributed by atoms with Crippen LogP contribution < -0.4 is 5.32 Å². The van der Waals surface area contributed by atoms with Crippen LogP contribution in [0, 0.1) is 0 Å². The van der Waals surface area contributed by atoms with E-state index < -0.39 is 0 Å². The summed E-state index contributed by atoms with van der Waals surface area (Å²) in [7, 11) is 0. The Hall–Kier alpha value is 0.500. The Morgan fingerprint density at radius 1 is 1.62 bits per heavy atom. The summed E-state index contributed by atoms with van der Waals surface area (Å²) >= 11 is 11.3. The maximum absolute atomic E-state index is 5.70. The summed E-state index contributed by atoms with van der Waals surface area (Å²) in [6.07, 6.45) is 0. The molecule has 0 amide bonds. The highest BCUT2D eigenvalue weighted by Crippen LogP contribution is 2.08. The van der Waals surface area contributed by atoms with Crippen molar-refractivity contribution in [2.24, 2.45) is 0 Å². The summed E-state index contributed by atoms with van der Waals surface area (Å²) in [5.74, 6) is 0. The Morgan fingerprint density at radius 2 is 2.38 bits per heavy atom. The first-order valence-corrected chi connectivity index (χ1v) is 3.35. The molecular weight excluding hydrogens is 147 g/mol. The highest BCUT2D eigenvalue weighted by atomic mass is 35.5. The lowest BCUT2D eigenvalue weighted by atomic mass is 10.4. The van der Waals surface area contributed by atoms with Gasteiger partial charge in [-0.25, -0.2) is 0 Å². The summed E-state index contributed by atoms with van der Waals surface area (Å²) in [4.78, 5) is 0. The predicted octanol–water partition coefficient (Wildman–Crippen LogP) is 0.610. The van der Waals surface area contributed by atoms with Gasteiger partial charge in [-0.15, -0.1) is 11.6 Å². The first-order chi connectivity index (χ1) is 3.80. The number of hydrogen-bond acceptors (Lipinski definition) is 2. The summed E-state index contributed by atoms with van der Waals surface area (Å²) in [6.45, 7) is 2.55. The number of alkyl halides is 1. The van der Waals surface area contributed by atoms with Crippen molar-refractivity contribution in [3.63, 3.8) is 0 Å². The van der Waals surface area contributed by atoms with Gasteiger partial charge in [-0.1, -0.05) is 0 Å². The highest BCUT2D eigenvalue weighted by Gasteiger charge is 2.16. The molecule has 1 heterocycles. The first-order valence-electron chi connectivity index (χ1n) is 2.58. The molecule has 0 aromatic rings. The summed E-state index contributed by atoms with van der Waals surface area (Å²) < 4.78 is 1.61. The second kappa shape index (κ2) is 2.87. The summed E-state index contributed by atoms with van der Waals surface area (Å²) in [5, 5.41) is 3.11. The lowest BCUT2D eigenvalue weighted by Gasteiger charge is -2.25. The number of piperazine rings is 1. The van der Waals surface area contributed by atoms with Crippen molar-refractivity contribution in [3.05, 3.63) is 0 Å². The second-order valence-corrected chi connectivity index (χ2v) is 2.70. The van der Waals surface area contributed by atoms with Crippen molar-refractivity contribution in [1.82, 2.24) is 9.74 Å². The Balaban J connectivity index is 2.28. The molecule has 1 aliphatic heterocycles. The third-order valence-electron chi connectivity index (χ3n) is 1.12. The average Bonchev–Trinajstić information content (AvgIpc) is 1.77. The minimum Gasteiger partial charge on any atom is -0.313 e. The third-order valence-corrected chi connectivity index (χ3v) is 2.01. The van der Waals surface area contributed by atoms with Gasteiger partial charge in [-0.2, -0.15) is 4.42 Å². The van der Waals surface area contributed by atoms with Gasteiger partial charge in [0, 0.05) is 19.6 Å². The van der Waals surface area contributed by atoms with E-state index in [1.165, 1.54) is 0 Å². The molecule has 1 aliphatic rings. The Labute approximate surface area is 58.9 Å². The molecule has 0 bridgehead atoms. The molecule has 1 fully saturated rings. The zero-order chi connectivity index (χ0) is 5.98. The number of nitrogens with zero attached hydrogens (tertiary/aromatic N) is 1. The van der Waals surface area contributed by atoms with Crippen LogP contribution in [0.2, 0.25) is 0 Å². The first kappa shape index (κ1) is 6.62. The maximum atomic E-state index is 5.70. The van der Waals surface area contributed by atoms with Crippen LogP contribution in [0.1, 0.15) is 0 Å². The second-order valence-electron chi connectivity index (χ2n) is 1.76. The lowest BCUT2D eigenvalue weighted by molar-refractivity contribution is 0.351. The molecule has 1 unspecified atom stereocenters. The molecule has 0 spiro atoms. The molecule has 1 rings (SSSR count). The van der Waals surface area contributed by atoms with Gasteiger partial charge in [0.2, 0.25) is 0 Å². The number of nitrogens with one attached hydrogen (secondary N) is 1. The molecule has 0 aromatic heterocycles. The molecule has 0 aliphatic carbocycles. The Bertz CT molecular complexity index is 68.4. The van der Waals surface area contributed by atoms with E-state index in [-0.39, 0.29) is 5.50 Å². The number of rotatable bonds is 0. The molecule has 0 aromatic carbocycles. The molecule has 0 saturated carbocycles. The molecule has 1 saturated heterocycles. The van der Waals surface area contributed by atoms with Crippen molar-refractivity contribution in [1.29, 1.82) is 0 Å². The van der Waals surface area contributed by atoms with Crippen molar-refractivity contribution in [2.75, 3.05) is 19.6 Å². The van der Waals surface area contributed by atoms with Gasteiger partial charge in [0.15, 0.2) is 0 Å². The fraction of sp³-hybridized carbons (Fsp3) is 1.00. The van der Waals surface area contributed by atoms with Crippen LogP contribution in [0.25, 0.3) is 0 Å². The van der Waals surface area contributed by atoms with Crippen molar-refractivity contribution in [2.45, 2.75) is 5.50 Å². The zero-order valence-electron chi connectivity index (χ0n) is 4.40. The van der Waals surface area contributed by atoms with E-state index in [0.717, 1.165) is 19.6 Å². The molecule has 0 radical (unpaired) electrons.